The number of benzene rings is 1. The van der Waals surface area contributed by atoms with Gasteiger partial charge in [0.1, 0.15) is 17.8 Å². The van der Waals surface area contributed by atoms with Gasteiger partial charge >= 0.3 is 0 Å². The number of ether oxygens (including phenoxy) is 1. The van der Waals surface area contributed by atoms with Gasteiger partial charge in [0.05, 0.1) is 26.3 Å². The van der Waals surface area contributed by atoms with Crippen LogP contribution in [0.25, 0.3) is 5.69 Å². The molecule has 25 heavy (non-hydrogen) atoms. The molecule has 4 rings (SSSR count). The fourth-order valence-corrected chi connectivity index (χ4v) is 3.85. The van der Waals surface area contributed by atoms with E-state index in [9.17, 15) is 4.39 Å². The van der Waals surface area contributed by atoms with E-state index in [4.69, 9.17) is 4.74 Å². The van der Waals surface area contributed by atoms with Crippen molar-refractivity contribution in [1.82, 2.24) is 20.2 Å². The molecule has 1 aromatic heterocycles. The maximum absolute atomic E-state index is 14.1. The molecule has 1 aliphatic carbocycles. The van der Waals surface area contributed by atoms with Crippen LogP contribution in [-0.2, 0) is 11.3 Å². The van der Waals surface area contributed by atoms with Gasteiger partial charge in [-0.3, -0.25) is 0 Å². The van der Waals surface area contributed by atoms with Gasteiger partial charge in [-0.25, -0.2) is 4.39 Å². The van der Waals surface area contributed by atoms with Gasteiger partial charge in [-0.2, -0.15) is 4.68 Å². The zero-order valence-corrected chi connectivity index (χ0v) is 14.8. The Labute approximate surface area is 152 Å². The van der Waals surface area contributed by atoms with E-state index in [1.807, 2.05) is 6.07 Å². The lowest BCUT2D eigenvalue weighted by Gasteiger charge is -2.20. The summed E-state index contributed by atoms with van der Waals surface area (Å²) in [6.45, 7) is 3.80. The highest BCUT2D eigenvalue weighted by atomic mass is 35.5. The Bertz CT molecular complexity index is 678. The zero-order chi connectivity index (χ0) is 16.4. The summed E-state index contributed by atoms with van der Waals surface area (Å²) in [6, 6.07) is 5.04. The van der Waals surface area contributed by atoms with Crippen LogP contribution in [0, 0.1) is 23.6 Å². The highest BCUT2D eigenvalue weighted by Crippen LogP contribution is 2.47. The van der Waals surface area contributed by atoms with Crippen molar-refractivity contribution in [2.24, 2.45) is 17.8 Å². The molecule has 8 heteroatoms. The van der Waals surface area contributed by atoms with Crippen LogP contribution in [0.15, 0.2) is 24.5 Å². The van der Waals surface area contributed by atoms with Crippen LogP contribution in [0.1, 0.15) is 24.8 Å². The van der Waals surface area contributed by atoms with Gasteiger partial charge in [0.25, 0.3) is 0 Å². The van der Waals surface area contributed by atoms with E-state index < -0.39 is 0 Å². The van der Waals surface area contributed by atoms with Crippen molar-refractivity contribution in [3.8, 4) is 5.69 Å². The molecule has 1 saturated heterocycles. The van der Waals surface area contributed by atoms with Gasteiger partial charge in [-0.1, -0.05) is 6.07 Å². The number of quaternary nitrogens is 1. The third kappa shape index (κ3) is 4.34. The van der Waals surface area contributed by atoms with Crippen molar-refractivity contribution in [3.05, 3.63) is 35.9 Å². The molecule has 2 aromatic rings. The summed E-state index contributed by atoms with van der Waals surface area (Å²) in [7, 11) is 0. The molecule has 0 radical (unpaired) electrons. The van der Waals surface area contributed by atoms with Crippen molar-refractivity contribution >= 4 is 0 Å². The second-order valence-electron chi connectivity index (χ2n) is 6.92. The van der Waals surface area contributed by atoms with Crippen molar-refractivity contribution in [2.45, 2.75) is 25.9 Å². The highest BCUT2D eigenvalue weighted by molar-refractivity contribution is 5.34. The van der Waals surface area contributed by atoms with E-state index in [-0.39, 0.29) is 18.2 Å². The fraction of sp³-hybridized carbons (Fsp3) is 0.588. The Morgan fingerprint density at radius 1 is 1.28 bits per heavy atom. The third-order valence-corrected chi connectivity index (χ3v) is 5.27. The first-order chi connectivity index (χ1) is 11.8. The molecule has 136 valence electrons. The van der Waals surface area contributed by atoms with Crippen molar-refractivity contribution in [3.63, 3.8) is 0 Å². The Kier molecular flexibility index (Phi) is 5.98. The van der Waals surface area contributed by atoms with E-state index >= 15 is 0 Å². The summed E-state index contributed by atoms with van der Waals surface area (Å²) in [5.41, 5.74) is 1.19. The first-order valence-corrected chi connectivity index (χ1v) is 8.72. The summed E-state index contributed by atoms with van der Waals surface area (Å²) in [4.78, 5) is 0. The molecule has 2 heterocycles. The quantitative estimate of drug-likeness (QED) is 0.637. The number of nitrogens with zero attached hydrogens (tertiary/aromatic N) is 4. The second kappa shape index (κ2) is 8.21. The van der Waals surface area contributed by atoms with Gasteiger partial charge < -0.3 is 22.5 Å². The normalized spacial score (nSPS) is 23.2. The average Bonchev–Trinajstić information content (AvgIpc) is 3.17. The molecule has 1 saturated carbocycles. The Morgan fingerprint density at radius 3 is 2.84 bits per heavy atom. The molecular weight excluding hydrogens is 345 g/mol. The van der Waals surface area contributed by atoms with E-state index in [2.05, 4.69) is 20.8 Å². The minimum atomic E-state index is -0.342. The monoisotopic (exact) mass is 367 g/mol. The van der Waals surface area contributed by atoms with E-state index in [1.165, 1.54) is 49.4 Å². The Morgan fingerprint density at radius 2 is 2.12 bits per heavy atom. The van der Waals surface area contributed by atoms with Gasteiger partial charge in [-0.05, 0) is 65.1 Å². The number of rotatable bonds is 6. The van der Waals surface area contributed by atoms with E-state index in [1.54, 1.807) is 6.07 Å². The standard InChI is InChI=1S/C17H22FN5O.ClH/c18-16-7-12(1-2-17(16)23-11-20-21-22-23)9-24-10-14-8-15(14)13-3-5-19-6-4-13;/h1-2,7,11,13-15,19H,3-6,8-10H2;1H/t14-,15+;/m0./s1. The summed E-state index contributed by atoms with van der Waals surface area (Å²) >= 11 is 0. The largest absolute Gasteiger partial charge is 1.00 e. The van der Waals surface area contributed by atoms with Crippen LogP contribution in [0.4, 0.5) is 4.39 Å². The summed E-state index contributed by atoms with van der Waals surface area (Å²) in [5, 5.41) is 13.2. The molecule has 2 N–H and O–H groups in total. The predicted octanol–water partition coefficient (Wildman–Crippen LogP) is -2.07. The van der Waals surface area contributed by atoms with Crippen LogP contribution in [0.5, 0.6) is 0 Å². The summed E-state index contributed by atoms with van der Waals surface area (Å²) < 4.78 is 21.3. The van der Waals surface area contributed by atoms with Gasteiger partial charge in [-0.15, -0.1) is 5.10 Å². The second-order valence-corrected chi connectivity index (χ2v) is 6.92. The van der Waals surface area contributed by atoms with Gasteiger partial charge in [0, 0.05) is 0 Å². The molecule has 0 spiro atoms. The SMILES string of the molecule is Fc1cc(COC[C@@H]2C[C@@H]2C2CC[NH2+]CC2)ccc1-n1cnnn1.[Cl-]. The lowest BCUT2D eigenvalue weighted by atomic mass is 9.92. The first-order valence-electron chi connectivity index (χ1n) is 8.72. The van der Waals surface area contributed by atoms with Crippen LogP contribution in [0.2, 0.25) is 0 Å². The van der Waals surface area contributed by atoms with Gasteiger partial charge in [0.2, 0.25) is 0 Å². The highest BCUT2D eigenvalue weighted by Gasteiger charge is 2.43. The van der Waals surface area contributed by atoms with Crippen molar-refractivity contribution < 1.29 is 26.9 Å². The fourth-order valence-electron chi connectivity index (χ4n) is 3.85. The molecule has 6 nitrogen and oxygen atoms in total. The molecule has 0 bridgehead atoms. The van der Waals surface area contributed by atoms with Crippen LogP contribution in [-0.4, -0.2) is 39.9 Å². The molecule has 0 amide bonds. The van der Waals surface area contributed by atoms with Crippen molar-refractivity contribution in [2.75, 3.05) is 19.7 Å². The molecule has 1 aromatic carbocycles. The number of nitrogens with two attached hydrogens (primary N) is 1. The maximum atomic E-state index is 14.1. The number of piperidine rings is 1. The predicted molar refractivity (Wildman–Crippen MR) is 84.7 cm³/mol. The average molecular weight is 368 g/mol. The molecule has 2 aliphatic rings. The van der Waals surface area contributed by atoms with E-state index in [0.717, 1.165) is 24.0 Å². The number of tetrazole rings is 1. The third-order valence-electron chi connectivity index (χ3n) is 5.27. The molecular formula is C17H23ClFN5O. The molecule has 2 fully saturated rings. The van der Waals surface area contributed by atoms with Crippen LogP contribution in [0.3, 0.4) is 0 Å². The van der Waals surface area contributed by atoms with Crippen LogP contribution >= 0.6 is 0 Å². The minimum Gasteiger partial charge on any atom is -1.00 e. The zero-order valence-electron chi connectivity index (χ0n) is 14.0. The lowest BCUT2D eigenvalue weighted by Crippen LogP contribution is -3.00. The smallest absolute Gasteiger partial charge is 0.149 e. The van der Waals surface area contributed by atoms with Gasteiger partial charge in [0.15, 0.2) is 0 Å². The number of hydrogen-bond donors (Lipinski definition) is 1. The lowest BCUT2D eigenvalue weighted by molar-refractivity contribution is -0.665. The molecule has 2 atom stereocenters. The van der Waals surface area contributed by atoms with E-state index in [0.29, 0.717) is 18.2 Å². The Balaban J connectivity index is 0.00000182. The topological polar surface area (TPSA) is 69.4 Å². The van der Waals surface area contributed by atoms with Crippen molar-refractivity contribution in [1.29, 1.82) is 0 Å². The summed E-state index contributed by atoms with van der Waals surface area (Å²) in [5.74, 6) is 2.12. The number of hydrogen-bond acceptors (Lipinski definition) is 4. The number of aromatic nitrogens is 4. The minimum absolute atomic E-state index is 0. The maximum Gasteiger partial charge on any atom is 0.149 e. The number of halogens is 2. The van der Waals surface area contributed by atoms with Crippen LogP contribution < -0.4 is 17.7 Å². The molecule has 1 aliphatic heterocycles. The first kappa shape index (κ1) is 18.2. The Hall–Kier alpha value is -1.57. The summed E-state index contributed by atoms with van der Waals surface area (Å²) in [6.07, 6.45) is 5.39. The molecule has 0 unspecified atom stereocenters.